The van der Waals surface area contributed by atoms with Gasteiger partial charge in [0.05, 0.1) is 0 Å². The van der Waals surface area contributed by atoms with Gasteiger partial charge in [-0.1, -0.05) is 216 Å². The fraction of sp³-hybridized carbons (Fsp3) is 0.0667. The van der Waals surface area contributed by atoms with Gasteiger partial charge in [0.2, 0.25) is 0 Å². The molecule has 10 rings (SSSR count). The molecule has 0 N–H and O–H groups in total. The van der Waals surface area contributed by atoms with Crippen molar-refractivity contribution in [2.45, 2.75) is 26.2 Å². The van der Waals surface area contributed by atoms with Crippen molar-refractivity contribution in [3.05, 3.63) is 225 Å². The van der Waals surface area contributed by atoms with Gasteiger partial charge >= 0.3 is 0 Å². The van der Waals surface area contributed by atoms with Crippen LogP contribution in [-0.4, -0.2) is 0 Å². The Balaban J connectivity index is 1.16. The molecule has 0 aliphatic rings. The molecule has 0 spiro atoms. The van der Waals surface area contributed by atoms with Crippen LogP contribution in [0.3, 0.4) is 0 Å². The molecule has 0 aliphatic heterocycles. The quantitative estimate of drug-likeness (QED) is 0.112. The lowest BCUT2D eigenvalue weighted by molar-refractivity contribution is 0.590. The first-order valence-corrected chi connectivity index (χ1v) is 20.9. The van der Waals surface area contributed by atoms with Gasteiger partial charge in [-0.2, -0.15) is 0 Å². The molecule has 60 heavy (non-hydrogen) atoms. The van der Waals surface area contributed by atoms with Gasteiger partial charge in [0.1, 0.15) is 0 Å². The average Bonchev–Trinajstić information content (AvgIpc) is 3.28. The molecular weight excluding hydrogens is 721 g/mol. The average molecular weight is 767 g/mol. The summed E-state index contributed by atoms with van der Waals surface area (Å²) in [5.41, 5.74) is 13.5. The van der Waals surface area contributed by atoms with Crippen LogP contribution in [0.4, 0.5) is 0 Å². The first-order chi connectivity index (χ1) is 29.3. The van der Waals surface area contributed by atoms with E-state index in [0.29, 0.717) is 0 Å². The van der Waals surface area contributed by atoms with Gasteiger partial charge in [-0.05, 0) is 139 Å². The fourth-order valence-corrected chi connectivity index (χ4v) is 9.44. The molecule has 10 aromatic carbocycles. The standard InChI is InChI=1S/C60H46/c1-6-17-39(7-2)44-32-35-54-55(38-44)57(40-18-9-8-10-19-40)50-22-13-16-25-53(50)59(54)46-29-27-42-36-45(28-26-43(42)37-46)58-51-23-14-11-20-48(51)56(49-21-12-15-24-52(49)58)41-30-33-47(34-31-41)60(3,4)5/h6-38H,1-2H2,3-5H3/b39-17+. The second kappa shape index (κ2) is 14.8. The Morgan fingerprint density at radius 3 is 1.23 bits per heavy atom. The Morgan fingerprint density at radius 1 is 0.383 bits per heavy atom. The van der Waals surface area contributed by atoms with Crippen LogP contribution in [0, 0.1) is 0 Å². The summed E-state index contributed by atoms with van der Waals surface area (Å²) < 4.78 is 0. The van der Waals surface area contributed by atoms with Crippen molar-refractivity contribution in [3.8, 4) is 44.5 Å². The summed E-state index contributed by atoms with van der Waals surface area (Å²) in [5, 5.41) is 12.4. The lowest BCUT2D eigenvalue weighted by Crippen LogP contribution is -2.10. The minimum atomic E-state index is 0.0981. The maximum absolute atomic E-state index is 4.13. The zero-order valence-corrected chi connectivity index (χ0v) is 34.5. The highest BCUT2D eigenvalue weighted by molar-refractivity contribution is 6.23. The third kappa shape index (κ3) is 6.24. The number of allylic oxidation sites excluding steroid dienone is 4. The minimum Gasteiger partial charge on any atom is -0.0990 e. The van der Waals surface area contributed by atoms with Gasteiger partial charge < -0.3 is 0 Å². The predicted molar refractivity (Wildman–Crippen MR) is 263 cm³/mol. The molecule has 0 radical (unpaired) electrons. The zero-order valence-electron chi connectivity index (χ0n) is 34.5. The van der Waals surface area contributed by atoms with E-state index in [0.717, 1.165) is 11.1 Å². The minimum absolute atomic E-state index is 0.0981. The summed E-state index contributed by atoms with van der Waals surface area (Å²) in [7, 11) is 0. The van der Waals surface area contributed by atoms with Crippen LogP contribution in [0.25, 0.3) is 104 Å². The maximum atomic E-state index is 4.13. The molecule has 10 aromatic rings. The van der Waals surface area contributed by atoms with Crippen molar-refractivity contribution in [2.24, 2.45) is 0 Å². The lowest BCUT2D eigenvalue weighted by Gasteiger charge is -2.21. The fourth-order valence-electron chi connectivity index (χ4n) is 9.44. The Bertz CT molecular complexity index is 3290. The summed E-state index contributed by atoms with van der Waals surface area (Å²) in [6, 6.07) is 67.6. The summed E-state index contributed by atoms with van der Waals surface area (Å²) in [6.45, 7) is 14.9. The van der Waals surface area contributed by atoms with E-state index in [1.807, 2.05) is 18.2 Å². The normalized spacial score (nSPS) is 12.2. The van der Waals surface area contributed by atoms with Crippen molar-refractivity contribution in [2.75, 3.05) is 0 Å². The highest BCUT2D eigenvalue weighted by Crippen LogP contribution is 2.47. The Hall–Kier alpha value is -7.28. The predicted octanol–water partition coefficient (Wildman–Crippen LogP) is 17.2. The van der Waals surface area contributed by atoms with Crippen LogP contribution in [0.1, 0.15) is 31.9 Å². The van der Waals surface area contributed by atoms with Crippen LogP contribution in [0.5, 0.6) is 0 Å². The smallest absolute Gasteiger partial charge is 0.00261 e. The topological polar surface area (TPSA) is 0 Å². The maximum Gasteiger partial charge on any atom is -0.00261 e. The van der Waals surface area contributed by atoms with E-state index >= 15 is 0 Å². The molecule has 0 unspecified atom stereocenters. The highest BCUT2D eigenvalue weighted by Gasteiger charge is 2.20. The molecule has 0 saturated carbocycles. The van der Waals surface area contributed by atoms with Crippen molar-refractivity contribution in [1.82, 2.24) is 0 Å². The first kappa shape index (κ1) is 37.0. The molecule has 0 aliphatic carbocycles. The van der Waals surface area contributed by atoms with Gasteiger partial charge in [-0.25, -0.2) is 0 Å². The molecule has 286 valence electrons. The highest BCUT2D eigenvalue weighted by atomic mass is 14.2. The van der Waals surface area contributed by atoms with E-state index in [9.17, 15) is 0 Å². The van der Waals surface area contributed by atoms with E-state index in [2.05, 4.69) is 216 Å². The molecule has 0 amide bonds. The van der Waals surface area contributed by atoms with Gasteiger partial charge in [-0.15, -0.1) is 0 Å². The largest absolute Gasteiger partial charge is 0.0990 e. The second-order valence-electron chi connectivity index (χ2n) is 16.9. The number of fused-ring (bicyclic) bond motifs is 5. The van der Waals surface area contributed by atoms with Crippen LogP contribution in [-0.2, 0) is 5.41 Å². The van der Waals surface area contributed by atoms with Crippen molar-refractivity contribution >= 4 is 59.4 Å². The van der Waals surface area contributed by atoms with Gasteiger partial charge in [0.15, 0.2) is 0 Å². The number of hydrogen-bond donors (Lipinski definition) is 0. The molecule has 0 nitrogen and oxygen atoms in total. The summed E-state index contributed by atoms with van der Waals surface area (Å²) in [5.74, 6) is 0. The van der Waals surface area contributed by atoms with Crippen molar-refractivity contribution in [3.63, 3.8) is 0 Å². The number of hydrogen-bond acceptors (Lipinski definition) is 0. The molecule has 0 atom stereocenters. The monoisotopic (exact) mass is 766 g/mol. The summed E-state index contributed by atoms with van der Waals surface area (Å²) >= 11 is 0. The van der Waals surface area contributed by atoms with Gasteiger partial charge in [0.25, 0.3) is 0 Å². The zero-order chi connectivity index (χ0) is 41.0. The molecule has 0 bridgehead atoms. The summed E-state index contributed by atoms with van der Waals surface area (Å²) in [4.78, 5) is 0. The Kier molecular flexibility index (Phi) is 9.15. The van der Waals surface area contributed by atoms with E-state index in [1.165, 1.54) is 104 Å². The molecular formula is C60H46. The van der Waals surface area contributed by atoms with Crippen molar-refractivity contribution in [1.29, 1.82) is 0 Å². The third-order valence-corrected chi connectivity index (χ3v) is 12.3. The molecule has 0 saturated heterocycles. The van der Waals surface area contributed by atoms with E-state index in [-0.39, 0.29) is 5.41 Å². The third-order valence-electron chi connectivity index (χ3n) is 12.3. The van der Waals surface area contributed by atoms with Crippen LogP contribution in [0.15, 0.2) is 213 Å². The van der Waals surface area contributed by atoms with E-state index in [4.69, 9.17) is 0 Å². The summed E-state index contributed by atoms with van der Waals surface area (Å²) in [6.07, 6.45) is 5.77. The van der Waals surface area contributed by atoms with E-state index < -0.39 is 0 Å². The van der Waals surface area contributed by atoms with Crippen LogP contribution >= 0.6 is 0 Å². The Labute approximate surface area is 353 Å². The molecule has 0 heterocycles. The first-order valence-electron chi connectivity index (χ1n) is 20.9. The van der Waals surface area contributed by atoms with Crippen LogP contribution < -0.4 is 0 Å². The van der Waals surface area contributed by atoms with Gasteiger partial charge in [-0.3, -0.25) is 0 Å². The number of rotatable bonds is 7. The molecule has 0 heteroatoms. The second-order valence-corrected chi connectivity index (χ2v) is 16.9. The molecule has 0 aromatic heterocycles. The van der Waals surface area contributed by atoms with E-state index in [1.54, 1.807) is 0 Å². The molecule has 0 fully saturated rings. The van der Waals surface area contributed by atoms with Crippen LogP contribution in [0.2, 0.25) is 0 Å². The lowest BCUT2D eigenvalue weighted by atomic mass is 9.83. The SMILES string of the molecule is C=C/C=C(\C=C)c1ccc2c(-c3ccc4cc(-c5c6ccccc6c(-c6ccc(C(C)(C)C)cc6)c6ccccc56)ccc4c3)c3ccccc3c(-c3ccccc3)c2c1. The van der Waals surface area contributed by atoms with Crippen molar-refractivity contribution < 1.29 is 0 Å². The Morgan fingerprint density at radius 2 is 0.783 bits per heavy atom. The number of benzene rings is 10. The van der Waals surface area contributed by atoms with Gasteiger partial charge in [0, 0.05) is 0 Å².